The predicted octanol–water partition coefficient (Wildman–Crippen LogP) is 6.23. The minimum atomic E-state index is -0.491. The lowest BCUT2D eigenvalue weighted by Crippen LogP contribution is -2.33. The number of hydrogen-bond acceptors (Lipinski definition) is 5. The van der Waals surface area contributed by atoms with Gasteiger partial charge in [-0.05, 0) is 47.7 Å². The third kappa shape index (κ3) is 3.42. The van der Waals surface area contributed by atoms with Gasteiger partial charge in [-0.15, -0.1) is 11.3 Å². The van der Waals surface area contributed by atoms with Crippen molar-refractivity contribution < 1.29 is 0 Å². The number of halogens is 1. The summed E-state index contributed by atoms with van der Waals surface area (Å²) >= 11 is 8.07. The predicted molar refractivity (Wildman–Crippen MR) is 153 cm³/mol. The van der Waals surface area contributed by atoms with Crippen LogP contribution in [0, 0.1) is 6.92 Å². The zero-order chi connectivity index (χ0) is 26.0. The van der Waals surface area contributed by atoms with Crippen LogP contribution in [-0.2, 0) is 0 Å². The smallest absolute Gasteiger partial charge is 0.306 e. The number of aromatic amines is 1. The van der Waals surface area contributed by atoms with Crippen LogP contribution < -0.4 is 11.2 Å². The van der Waals surface area contributed by atoms with Gasteiger partial charge in [0.25, 0.3) is 5.56 Å². The number of thiophene rings is 1. The molecule has 0 aliphatic heterocycles. The van der Waals surface area contributed by atoms with Crippen LogP contribution >= 0.6 is 22.9 Å². The molecule has 4 heterocycles. The number of H-pyrrole nitrogens is 1. The molecule has 9 heteroatoms. The van der Waals surface area contributed by atoms with Gasteiger partial charge in [0.1, 0.15) is 11.0 Å². The molecule has 0 saturated heterocycles. The number of aryl methyl sites for hydroxylation is 1. The molecule has 0 saturated carbocycles. The summed E-state index contributed by atoms with van der Waals surface area (Å²) in [5.74, 6) is 0. The van der Waals surface area contributed by atoms with Crippen molar-refractivity contribution in [1.82, 2.24) is 24.1 Å². The van der Waals surface area contributed by atoms with Gasteiger partial charge < -0.3 is 4.98 Å². The molecule has 0 amide bonds. The summed E-state index contributed by atoms with van der Waals surface area (Å²) in [5, 5.41) is 6.61. The van der Waals surface area contributed by atoms with Crippen molar-refractivity contribution in [3.8, 4) is 27.3 Å². The molecule has 0 unspecified atom stereocenters. The Kier molecular flexibility index (Phi) is 5.07. The number of benzene rings is 3. The van der Waals surface area contributed by atoms with Crippen molar-refractivity contribution in [2.24, 2.45) is 0 Å². The number of fused-ring (bicyclic) bond motifs is 3. The van der Waals surface area contributed by atoms with Crippen LogP contribution in [0.2, 0.25) is 5.02 Å². The maximum Gasteiger partial charge on any atom is 0.333 e. The minimum absolute atomic E-state index is 0.371. The summed E-state index contributed by atoms with van der Waals surface area (Å²) in [6.45, 7) is 1.98. The highest BCUT2D eigenvalue weighted by atomic mass is 35.5. The normalized spacial score (nSPS) is 11.6. The van der Waals surface area contributed by atoms with E-state index >= 15 is 0 Å². The Morgan fingerprint density at radius 1 is 0.974 bits per heavy atom. The van der Waals surface area contributed by atoms with Crippen LogP contribution in [0.25, 0.3) is 53.9 Å². The quantitative estimate of drug-likeness (QED) is 0.290. The van der Waals surface area contributed by atoms with Crippen LogP contribution in [0.4, 0.5) is 0 Å². The zero-order valence-corrected chi connectivity index (χ0v) is 21.5. The standard InChI is InChI=1S/C29H18ClN5O2S/c1-16-12-18(14-34-27(16)31-15-32-34)20-9-5-10-21(30)25(20)24-13-22-26(38-24)28(36)35(29(37)33-22)23-11-4-7-17-6-2-3-8-19(17)23/h2-15H,1H3,(H,33,37). The van der Waals surface area contributed by atoms with Gasteiger partial charge in [0.15, 0.2) is 5.65 Å². The van der Waals surface area contributed by atoms with E-state index < -0.39 is 5.69 Å². The van der Waals surface area contributed by atoms with E-state index in [-0.39, 0.29) is 5.56 Å². The molecule has 0 aliphatic rings. The molecule has 0 aliphatic carbocycles. The fourth-order valence-electron chi connectivity index (χ4n) is 5.01. The van der Waals surface area contributed by atoms with E-state index in [4.69, 9.17) is 11.6 Å². The minimum Gasteiger partial charge on any atom is -0.306 e. The van der Waals surface area contributed by atoms with Crippen molar-refractivity contribution in [3.05, 3.63) is 117 Å². The van der Waals surface area contributed by atoms with Crippen molar-refractivity contribution in [2.45, 2.75) is 6.92 Å². The molecular weight excluding hydrogens is 518 g/mol. The van der Waals surface area contributed by atoms with Crippen LogP contribution in [0.5, 0.6) is 0 Å². The molecule has 3 aromatic carbocycles. The van der Waals surface area contributed by atoms with Crippen molar-refractivity contribution >= 4 is 49.6 Å². The number of pyridine rings is 1. The van der Waals surface area contributed by atoms with Gasteiger partial charge >= 0.3 is 5.69 Å². The highest BCUT2D eigenvalue weighted by Gasteiger charge is 2.19. The number of nitrogens with zero attached hydrogens (tertiary/aromatic N) is 4. The topological polar surface area (TPSA) is 85.0 Å². The fraction of sp³-hybridized carbons (Fsp3) is 0.0345. The van der Waals surface area contributed by atoms with Gasteiger partial charge in [-0.25, -0.2) is 18.9 Å². The summed E-state index contributed by atoms with van der Waals surface area (Å²) in [6, 6.07) is 22.8. The molecule has 7 aromatic rings. The Bertz CT molecular complexity index is 2170. The van der Waals surface area contributed by atoms with Gasteiger partial charge in [-0.2, -0.15) is 5.10 Å². The molecule has 184 valence electrons. The molecule has 0 atom stereocenters. The second-order valence-corrected chi connectivity index (χ2v) is 10.5. The van der Waals surface area contributed by atoms with E-state index in [2.05, 4.69) is 15.1 Å². The summed E-state index contributed by atoms with van der Waals surface area (Å²) in [6.07, 6.45) is 3.43. The first-order chi connectivity index (χ1) is 18.5. The van der Waals surface area contributed by atoms with E-state index in [9.17, 15) is 9.59 Å². The molecule has 38 heavy (non-hydrogen) atoms. The van der Waals surface area contributed by atoms with Crippen molar-refractivity contribution in [2.75, 3.05) is 0 Å². The average molecular weight is 536 g/mol. The van der Waals surface area contributed by atoms with Crippen LogP contribution in [0.1, 0.15) is 5.56 Å². The number of nitrogens with one attached hydrogen (secondary N) is 1. The van der Waals surface area contributed by atoms with Gasteiger partial charge in [0.05, 0.1) is 11.2 Å². The fourth-order valence-corrected chi connectivity index (χ4v) is 6.46. The Balaban J connectivity index is 1.46. The Hall–Kier alpha value is -4.53. The first-order valence-corrected chi connectivity index (χ1v) is 13.1. The molecule has 1 N–H and O–H groups in total. The summed E-state index contributed by atoms with van der Waals surface area (Å²) < 4.78 is 3.39. The SMILES string of the molecule is Cc1cc(-c2cccc(Cl)c2-c2cc3[nH]c(=O)n(-c4cccc5ccccc45)c(=O)c3s2)cn2ncnc12. The van der Waals surface area contributed by atoms with E-state index in [0.717, 1.165) is 43.6 Å². The zero-order valence-electron chi connectivity index (χ0n) is 20.0. The molecule has 0 fully saturated rings. The van der Waals surface area contributed by atoms with Crippen molar-refractivity contribution in [3.63, 3.8) is 0 Å². The Morgan fingerprint density at radius 2 is 1.79 bits per heavy atom. The second kappa shape index (κ2) is 8.51. The lowest BCUT2D eigenvalue weighted by molar-refractivity contribution is 0.911. The monoisotopic (exact) mass is 535 g/mol. The van der Waals surface area contributed by atoms with E-state index in [1.807, 2.05) is 79.9 Å². The molecule has 4 aromatic heterocycles. The molecule has 0 spiro atoms. The number of hydrogen-bond donors (Lipinski definition) is 1. The third-order valence-corrected chi connectivity index (χ3v) is 8.17. The van der Waals surface area contributed by atoms with Crippen molar-refractivity contribution in [1.29, 1.82) is 0 Å². The Labute approximate surface area is 224 Å². The second-order valence-electron chi connectivity index (χ2n) is 9.02. The number of rotatable bonds is 3. The van der Waals surface area contributed by atoms with Crippen LogP contribution in [0.15, 0.2) is 94.9 Å². The maximum absolute atomic E-state index is 13.7. The molecule has 0 radical (unpaired) electrons. The first-order valence-electron chi connectivity index (χ1n) is 11.9. The lowest BCUT2D eigenvalue weighted by atomic mass is 9.99. The third-order valence-electron chi connectivity index (χ3n) is 6.71. The van der Waals surface area contributed by atoms with Gasteiger partial charge in [0.2, 0.25) is 0 Å². The lowest BCUT2D eigenvalue weighted by Gasteiger charge is -2.11. The first kappa shape index (κ1) is 22.7. The van der Waals surface area contributed by atoms with Crippen LogP contribution in [-0.4, -0.2) is 24.1 Å². The number of aromatic nitrogens is 5. The molecule has 0 bridgehead atoms. The van der Waals surface area contributed by atoms with E-state index in [1.54, 1.807) is 10.6 Å². The molecule has 7 rings (SSSR count). The van der Waals surface area contributed by atoms with Gasteiger partial charge in [-0.3, -0.25) is 4.79 Å². The van der Waals surface area contributed by atoms with E-state index in [1.165, 1.54) is 22.2 Å². The van der Waals surface area contributed by atoms with E-state index in [0.29, 0.717) is 20.9 Å². The highest BCUT2D eigenvalue weighted by molar-refractivity contribution is 7.22. The Morgan fingerprint density at radius 3 is 2.68 bits per heavy atom. The molecular formula is C29H18ClN5O2S. The molecule has 7 nitrogen and oxygen atoms in total. The van der Waals surface area contributed by atoms with Gasteiger partial charge in [0, 0.05) is 32.6 Å². The van der Waals surface area contributed by atoms with Crippen LogP contribution in [0.3, 0.4) is 0 Å². The highest BCUT2D eigenvalue weighted by Crippen LogP contribution is 2.42. The van der Waals surface area contributed by atoms with Gasteiger partial charge in [-0.1, -0.05) is 60.1 Å². The maximum atomic E-state index is 13.7. The largest absolute Gasteiger partial charge is 0.333 e. The summed E-state index contributed by atoms with van der Waals surface area (Å²) in [7, 11) is 0. The summed E-state index contributed by atoms with van der Waals surface area (Å²) in [5.41, 5.74) is 4.51. The summed E-state index contributed by atoms with van der Waals surface area (Å²) in [4.78, 5) is 34.9. The average Bonchev–Trinajstić information content (AvgIpc) is 3.56.